The van der Waals surface area contributed by atoms with Crippen LogP contribution in [0.15, 0.2) is 73.4 Å². The summed E-state index contributed by atoms with van der Waals surface area (Å²) in [4.78, 5) is 21.4. The molecule has 168 valence electrons. The Balaban J connectivity index is 1.43. The number of aromatic nitrogens is 3. The Hall–Kier alpha value is -4.01. The number of urea groups is 1. The molecule has 7 nitrogen and oxygen atoms in total. The highest BCUT2D eigenvalue weighted by Gasteiger charge is 2.31. The minimum absolute atomic E-state index is 0.00776. The number of halogens is 2. The third-order valence-corrected chi connectivity index (χ3v) is 5.88. The molecule has 33 heavy (non-hydrogen) atoms. The van der Waals surface area contributed by atoms with Gasteiger partial charge in [0.05, 0.1) is 24.1 Å². The van der Waals surface area contributed by atoms with Gasteiger partial charge < -0.3 is 19.9 Å². The lowest BCUT2D eigenvalue weighted by Crippen LogP contribution is -2.39. The van der Waals surface area contributed by atoms with Crippen LogP contribution < -0.4 is 15.4 Å². The van der Waals surface area contributed by atoms with Gasteiger partial charge in [-0.2, -0.15) is 8.78 Å². The number of benzene rings is 2. The molecule has 0 saturated carbocycles. The zero-order chi connectivity index (χ0) is 22.8. The third kappa shape index (κ3) is 4.21. The van der Waals surface area contributed by atoms with E-state index in [1.165, 1.54) is 23.9 Å². The first-order valence-electron chi connectivity index (χ1n) is 10.6. The highest BCUT2D eigenvalue weighted by atomic mass is 19.3. The molecule has 5 rings (SSSR count). The van der Waals surface area contributed by atoms with E-state index in [-0.39, 0.29) is 23.3 Å². The van der Waals surface area contributed by atoms with Crippen molar-refractivity contribution in [1.29, 1.82) is 0 Å². The number of anilines is 1. The molecular weight excluding hydrogens is 428 g/mol. The summed E-state index contributed by atoms with van der Waals surface area (Å²) >= 11 is 0. The van der Waals surface area contributed by atoms with Crippen molar-refractivity contribution in [2.45, 2.75) is 31.5 Å². The summed E-state index contributed by atoms with van der Waals surface area (Å²) in [5.74, 6) is -0.0482. The Bertz CT molecular complexity index is 1280. The maximum absolute atomic E-state index is 13.1. The molecule has 0 radical (unpaired) electrons. The molecule has 2 N–H and O–H groups in total. The average Bonchev–Trinajstić information content (AvgIpc) is 3.35. The monoisotopic (exact) mass is 449 g/mol. The summed E-state index contributed by atoms with van der Waals surface area (Å²) in [6.45, 7) is -2.97. The first-order valence-corrected chi connectivity index (χ1v) is 10.6. The van der Waals surface area contributed by atoms with Crippen molar-refractivity contribution < 1.29 is 18.3 Å². The van der Waals surface area contributed by atoms with Crippen LogP contribution in [0.25, 0.3) is 10.9 Å². The molecule has 1 aliphatic carbocycles. The highest BCUT2D eigenvalue weighted by molar-refractivity contribution is 6.02. The molecular formula is C24H21F2N5O2. The fourth-order valence-corrected chi connectivity index (χ4v) is 4.45. The number of nitrogens with one attached hydrogen (secondary N) is 2. The number of pyridine rings is 1. The van der Waals surface area contributed by atoms with E-state index in [2.05, 4.69) is 31.4 Å². The van der Waals surface area contributed by atoms with E-state index in [0.29, 0.717) is 11.1 Å². The second-order valence-corrected chi connectivity index (χ2v) is 7.78. The lowest BCUT2D eigenvalue weighted by atomic mass is 9.84. The Morgan fingerprint density at radius 3 is 2.82 bits per heavy atom. The quantitative estimate of drug-likeness (QED) is 0.445. The number of nitrogens with zero attached hydrogens (tertiary/aromatic N) is 3. The van der Waals surface area contributed by atoms with Crippen LogP contribution in [0.3, 0.4) is 0 Å². The molecule has 9 heteroatoms. The molecule has 4 aromatic rings. The van der Waals surface area contributed by atoms with E-state index < -0.39 is 12.6 Å². The Morgan fingerprint density at radius 1 is 1.12 bits per heavy atom. The van der Waals surface area contributed by atoms with Crippen LogP contribution in [-0.4, -0.2) is 27.2 Å². The summed E-state index contributed by atoms with van der Waals surface area (Å²) in [6.07, 6.45) is 8.61. The van der Waals surface area contributed by atoms with E-state index in [1.54, 1.807) is 24.7 Å². The molecule has 0 aliphatic heterocycles. The van der Waals surface area contributed by atoms with Crippen molar-refractivity contribution in [1.82, 2.24) is 19.9 Å². The fraction of sp³-hybridized carbons (Fsp3) is 0.208. The topological polar surface area (TPSA) is 81.1 Å². The molecule has 2 unspecified atom stereocenters. The second-order valence-electron chi connectivity index (χ2n) is 7.78. The number of hydrogen-bond donors (Lipinski definition) is 2. The highest BCUT2D eigenvalue weighted by Crippen LogP contribution is 2.38. The summed E-state index contributed by atoms with van der Waals surface area (Å²) in [6, 6.07) is 13.7. The number of amides is 2. The van der Waals surface area contributed by atoms with E-state index in [9.17, 15) is 13.6 Å². The molecule has 2 amide bonds. The van der Waals surface area contributed by atoms with Gasteiger partial charge >= 0.3 is 12.6 Å². The molecule has 0 bridgehead atoms. The van der Waals surface area contributed by atoms with Crippen LogP contribution in [0.4, 0.5) is 19.3 Å². The standard InChI is InChI=1S/C24H21F2N5O2/c25-23(26)33-20-10-8-18(17-6-3-11-28-22(17)20)29-24(32)30-21-16-5-2-1-4-15(16)7-9-19(21)31-13-12-27-14-31/h1-6,8,10-14,19,21,23H,7,9H2,(H2,29,30,32). The maximum atomic E-state index is 13.1. The molecule has 1 aliphatic rings. The van der Waals surface area contributed by atoms with Crippen LogP contribution in [0.2, 0.25) is 0 Å². The molecule has 0 spiro atoms. The first-order chi connectivity index (χ1) is 16.1. The van der Waals surface area contributed by atoms with Crippen LogP contribution >= 0.6 is 0 Å². The lowest BCUT2D eigenvalue weighted by molar-refractivity contribution is -0.0489. The molecule has 2 atom stereocenters. The van der Waals surface area contributed by atoms with Crippen molar-refractivity contribution in [2.24, 2.45) is 0 Å². The molecule has 2 aromatic carbocycles. The average molecular weight is 449 g/mol. The SMILES string of the molecule is O=C(Nc1ccc(OC(F)F)c2ncccc12)NC1c2ccccc2CCC1n1ccnc1. The van der Waals surface area contributed by atoms with Crippen LogP contribution in [-0.2, 0) is 6.42 Å². The summed E-state index contributed by atoms with van der Waals surface area (Å²) in [5, 5.41) is 6.46. The minimum atomic E-state index is -2.97. The van der Waals surface area contributed by atoms with Crippen LogP contribution in [0, 0.1) is 0 Å². The van der Waals surface area contributed by atoms with Crippen LogP contribution in [0.5, 0.6) is 5.75 Å². The first kappa shape index (κ1) is 20.9. The second kappa shape index (κ2) is 8.85. The number of alkyl halides is 2. The fourth-order valence-electron chi connectivity index (χ4n) is 4.45. The third-order valence-electron chi connectivity index (χ3n) is 5.88. The van der Waals surface area contributed by atoms with E-state index >= 15 is 0 Å². The molecule has 0 fully saturated rings. The Labute approximate surface area is 188 Å². The number of rotatable bonds is 5. The van der Waals surface area contributed by atoms with Gasteiger partial charge in [-0.1, -0.05) is 24.3 Å². The van der Waals surface area contributed by atoms with Crippen molar-refractivity contribution >= 4 is 22.6 Å². The Kier molecular flexibility index (Phi) is 5.60. The van der Waals surface area contributed by atoms with Gasteiger partial charge in [0.1, 0.15) is 5.52 Å². The van der Waals surface area contributed by atoms with Gasteiger partial charge in [0.2, 0.25) is 0 Å². The van der Waals surface area contributed by atoms with Crippen molar-refractivity contribution in [3.63, 3.8) is 0 Å². The van der Waals surface area contributed by atoms with Crippen molar-refractivity contribution in [3.05, 3.63) is 84.6 Å². The largest absolute Gasteiger partial charge is 0.432 e. The predicted molar refractivity (Wildman–Crippen MR) is 119 cm³/mol. The summed E-state index contributed by atoms with van der Waals surface area (Å²) in [5.41, 5.74) is 2.95. The number of imidazole rings is 1. The maximum Gasteiger partial charge on any atom is 0.387 e. The van der Waals surface area contributed by atoms with Gasteiger partial charge in [0, 0.05) is 24.0 Å². The van der Waals surface area contributed by atoms with E-state index in [4.69, 9.17) is 0 Å². The summed E-state index contributed by atoms with van der Waals surface area (Å²) < 4.78 is 32.1. The number of carbonyl (C=O) groups is 1. The van der Waals surface area contributed by atoms with Gasteiger partial charge in [-0.3, -0.25) is 4.98 Å². The van der Waals surface area contributed by atoms with Gasteiger partial charge in [0.25, 0.3) is 0 Å². The van der Waals surface area contributed by atoms with Gasteiger partial charge in [-0.05, 0) is 48.2 Å². The number of carbonyl (C=O) groups excluding carboxylic acids is 1. The zero-order valence-electron chi connectivity index (χ0n) is 17.5. The number of fused-ring (bicyclic) bond motifs is 2. The van der Waals surface area contributed by atoms with Crippen LogP contribution in [0.1, 0.15) is 29.6 Å². The normalized spacial score (nSPS) is 17.5. The van der Waals surface area contributed by atoms with E-state index in [0.717, 1.165) is 18.4 Å². The number of hydrogen-bond acceptors (Lipinski definition) is 4. The van der Waals surface area contributed by atoms with Gasteiger partial charge in [-0.15, -0.1) is 0 Å². The minimum Gasteiger partial charge on any atom is -0.432 e. The molecule has 0 saturated heterocycles. The molecule has 2 aromatic heterocycles. The molecule has 2 heterocycles. The van der Waals surface area contributed by atoms with E-state index in [1.807, 2.05) is 29.0 Å². The Morgan fingerprint density at radius 2 is 2.00 bits per heavy atom. The summed E-state index contributed by atoms with van der Waals surface area (Å²) in [7, 11) is 0. The van der Waals surface area contributed by atoms with Gasteiger partial charge in [-0.25, -0.2) is 9.78 Å². The lowest BCUT2D eigenvalue weighted by Gasteiger charge is -2.35. The van der Waals surface area contributed by atoms with Crippen molar-refractivity contribution in [3.8, 4) is 5.75 Å². The smallest absolute Gasteiger partial charge is 0.387 e. The number of aryl methyl sites for hydroxylation is 1. The van der Waals surface area contributed by atoms with Crippen molar-refractivity contribution in [2.75, 3.05) is 5.32 Å². The number of ether oxygens (including phenoxy) is 1. The predicted octanol–water partition coefficient (Wildman–Crippen LogP) is 5.08. The van der Waals surface area contributed by atoms with Gasteiger partial charge in [0.15, 0.2) is 5.75 Å². The zero-order valence-corrected chi connectivity index (χ0v) is 17.5.